The van der Waals surface area contributed by atoms with Crippen molar-refractivity contribution in [1.29, 1.82) is 0 Å². The predicted molar refractivity (Wildman–Crippen MR) is 98.5 cm³/mol. The molecule has 0 bridgehead atoms. The summed E-state index contributed by atoms with van der Waals surface area (Å²) in [6.07, 6.45) is -3.91. The summed E-state index contributed by atoms with van der Waals surface area (Å²) in [6.45, 7) is -0.143. The van der Waals surface area contributed by atoms with Crippen molar-refractivity contribution >= 4 is 34.8 Å². The first-order chi connectivity index (χ1) is 13.4. The number of rotatable bonds is 6. The molecule has 0 saturated carbocycles. The fourth-order valence-corrected chi connectivity index (χ4v) is 2.57. The first kappa shape index (κ1) is 23.1. The predicted octanol–water partition coefficient (Wildman–Crippen LogP) is 4.02. The van der Waals surface area contributed by atoms with Crippen molar-refractivity contribution in [2.75, 3.05) is 13.2 Å². The van der Waals surface area contributed by atoms with Gasteiger partial charge in [0, 0.05) is 19.2 Å². The van der Waals surface area contributed by atoms with Crippen molar-refractivity contribution in [1.82, 2.24) is 9.13 Å². The van der Waals surface area contributed by atoms with Crippen molar-refractivity contribution < 1.29 is 27.0 Å². The van der Waals surface area contributed by atoms with Crippen molar-refractivity contribution in [3.05, 3.63) is 66.3 Å². The minimum atomic E-state index is -4.95. The Hall–Kier alpha value is -2.17. The Labute approximate surface area is 175 Å². The topological polar surface area (TPSA) is 62.5 Å². The van der Waals surface area contributed by atoms with Gasteiger partial charge in [0.2, 0.25) is 0 Å². The van der Waals surface area contributed by atoms with E-state index in [9.17, 15) is 27.2 Å². The number of hydrogen-bond acceptors (Lipinski definition) is 4. The van der Waals surface area contributed by atoms with Gasteiger partial charge in [0.05, 0.1) is 10.7 Å². The molecular formula is C16H11Cl3F4N2O4. The number of aromatic nitrogens is 2. The van der Waals surface area contributed by atoms with E-state index < -0.39 is 34.6 Å². The Morgan fingerprint density at radius 2 is 1.83 bits per heavy atom. The largest absolute Gasteiger partial charge is 0.495 e. The molecule has 0 unspecified atom stereocenters. The van der Waals surface area contributed by atoms with Gasteiger partial charge >= 0.3 is 11.9 Å². The van der Waals surface area contributed by atoms with Crippen LogP contribution >= 0.6 is 34.8 Å². The van der Waals surface area contributed by atoms with Crippen LogP contribution < -0.4 is 16.0 Å². The van der Waals surface area contributed by atoms with Gasteiger partial charge < -0.3 is 9.47 Å². The third-order valence-corrected chi connectivity index (χ3v) is 3.96. The molecule has 0 N–H and O–H groups in total. The van der Waals surface area contributed by atoms with Crippen LogP contribution in [0.15, 0.2) is 38.5 Å². The van der Waals surface area contributed by atoms with E-state index in [1.54, 1.807) is 0 Å². The van der Waals surface area contributed by atoms with Crippen LogP contribution in [0.3, 0.4) is 0 Å². The summed E-state index contributed by atoms with van der Waals surface area (Å²) in [4.78, 5) is 24.4. The molecule has 0 fully saturated rings. The van der Waals surface area contributed by atoms with Crippen LogP contribution in [-0.2, 0) is 18.0 Å². The highest BCUT2D eigenvalue weighted by Crippen LogP contribution is 2.30. The quantitative estimate of drug-likeness (QED) is 0.358. The molecule has 0 aliphatic carbocycles. The normalized spacial score (nSPS) is 11.3. The molecular weight excluding hydrogens is 467 g/mol. The van der Waals surface area contributed by atoms with E-state index in [2.05, 4.69) is 0 Å². The molecule has 0 aliphatic rings. The van der Waals surface area contributed by atoms with E-state index in [1.165, 1.54) is 0 Å². The van der Waals surface area contributed by atoms with Gasteiger partial charge in [-0.1, -0.05) is 34.8 Å². The summed E-state index contributed by atoms with van der Waals surface area (Å²) in [5, 5.41) is -0.200. The third kappa shape index (κ3) is 5.46. The van der Waals surface area contributed by atoms with Crippen LogP contribution in [0.4, 0.5) is 17.6 Å². The van der Waals surface area contributed by atoms with E-state index in [1.807, 2.05) is 0 Å². The van der Waals surface area contributed by atoms with E-state index in [4.69, 9.17) is 44.3 Å². The van der Waals surface area contributed by atoms with Crippen molar-refractivity contribution in [2.24, 2.45) is 7.05 Å². The standard InChI is InChI=1S/C16H11Cl3F4N2O4/c1-24-12(16(21,22)23)6-14(26)25(15(24)27)10-5-11(8(17)4-9(10)20)29-3-2-28-7-13(18)19/h4-7H,2-3H2,1H3. The van der Waals surface area contributed by atoms with Gasteiger partial charge in [-0.3, -0.25) is 9.36 Å². The molecule has 13 heteroatoms. The Bertz CT molecular complexity index is 1060. The summed E-state index contributed by atoms with van der Waals surface area (Å²) in [5.41, 5.74) is -4.88. The third-order valence-electron chi connectivity index (χ3n) is 3.48. The number of benzene rings is 1. The first-order valence-corrected chi connectivity index (χ1v) is 8.72. The second kappa shape index (κ2) is 9.10. The van der Waals surface area contributed by atoms with Gasteiger partial charge in [-0.25, -0.2) is 13.8 Å². The maximum absolute atomic E-state index is 14.3. The number of hydrogen-bond donors (Lipinski definition) is 0. The lowest BCUT2D eigenvalue weighted by atomic mass is 10.2. The molecule has 0 amide bonds. The fraction of sp³-hybridized carbons (Fsp3) is 0.250. The second-order valence-electron chi connectivity index (χ2n) is 5.40. The molecule has 2 rings (SSSR count). The molecule has 1 aromatic carbocycles. The Morgan fingerprint density at radius 3 is 2.41 bits per heavy atom. The maximum atomic E-state index is 14.3. The first-order valence-electron chi connectivity index (χ1n) is 7.58. The van der Waals surface area contributed by atoms with E-state index in [0.29, 0.717) is 0 Å². The number of alkyl halides is 3. The van der Waals surface area contributed by atoms with Gasteiger partial charge in [-0.05, 0) is 6.07 Å². The smallest absolute Gasteiger partial charge is 0.431 e. The molecule has 0 atom stereocenters. The minimum Gasteiger partial charge on any atom is -0.495 e. The van der Waals surface area contributed by atoms with Gasteiger partial charge in [-0.15, -0.1) is 0 Å². The van der Waals surface area contributed by atoms with E-state index in [-0.39, 0.29) is 43.7 Å². The monoisotopic (exact) mass is 476 g/mol. The Kier molecular flexibility index (Phi) is 7.25. The molecule has 0 radical (unpaired) electrons. The summed E-state index contributed by atoms with van der Waals surface area (Å²) >= 11 is 16.6. The SMILES string of the molecule is Cn1c(C(F)(F)F)cc(=O)n(-c2cc(OCCOC=C(Cl)Cl)c(Cl)cc2F)c1=O. The minimum absolute atomic E-state index is 0.0338. The molecule has 2 aromatic rings. The summed E-state index contributed by atoms with van der Waals surface area (Å²) in [6, 6.07) is 1.86. The Morgan fingerprint density at radius 1 is 1.17 bits per heavy atom. The van der Waals surface area contributed by atoms with Crippen molar-refractivity contribution in [2.45, 2.75) is 6.18 Å². The molecule has 29 heavy (non-hydrogen) atoms. The number of nitrogens with zero attached hydrogens (tertiary/aromatic N) is 2. The van der Waals surface area contributed by atoms with Crippen LogP contribution in [0.1, 0.15) is 5.69 Å². The molecule has 6 nitrogen and oxygen atoms in total. The van der Waals surface area contributed by atoms with Crippen molar-refractivity contribution in [3.8, 4) is 11.4 Å². The van der Waals surface area contributed by atoms with Gasteiger partial charge in [0.1, 0.15) is 41.2 Å². The zero-order chi connectivity index (χ0) is 21.9. The number of halogens is 7. The molecule has 0 saturated heterocycles. The van der Waals surface area contributed by atoms with Crippen LogP contribution in [0, 0.1) is 5.82 Å². The lowest BCUT2D eigenvalue weighted by Crippen LogP contribution is -2.41. The van der Waals surface area contributed by atoms with Gasteiger partial charge in [0.25, 0.3) is 5.56 Å². The summed E-state index contributed by atoms with van der Waals surface area (Å²) in [7, 11) is 0.805. The molecule has 0 aliphatic heterocycles. The molecule has 1 aromatic heterocycles. The second-order valence-corrected chi connectivity index (χ2v) is 6.82. The van der Waals surface area contributed by atoms with Crippen LogP contribution in [0.2, 0.25) is 5.02 Å². The highest BCUT2D eigenvalue weighted by atomic mass is 35.5. The lowest BCUT2D eigenvalue weighted by Gasteiger charge is -2.15. The highest BCUT2D eigenvalue weighted by Gasteiger charge is 2.35. The highest BCUT2D eigenvalue weighted by molar-refractivity contribution is 6.55. The molecule has 158 valence electrons. The summed E-state index contributed by atoms with van der Waals surface area (Å²) < 4.78 is 63.6. The average Bonchev–Trinajstić information content (AvgIpc) is 2.59. The Balaban J connectivity index is 2.46. The fourth-order valence-electron chi connectivity index (χ4n) is 2.24. The zero-order valence-electron chi connectivity index (χ0n) is 14.4. The summed E-state index contributed by atoms with van der Waals surface area (Å²) in [5.74, 6) is -1.25. The van der Waals surface area contributed by atoms with Crippen LogP contribution in [0.5, 0.6) is 5.75 Å². The van der Waals surface area contributed by atoms with Gasteiger partial charge in [-0.2, -0.15) is 13.2 Å². The van der Waals surface area contributed by atoms with Crippen LogP contribution in [-0.4, -0.2) is 22.3 Å². The molecule has 1 heterocycles. The van der Waals surface area contributed by atoms with E-state index >= 15 is 0 Å². The number of ether oxygens (including phenoxy) is 2. The van der Waals surface area contributed by atoms with E-state index in [0.717, 1.165) is 25.4 Å². The zero-order valence-corrected chi connectivity index (χ0v) is 16.7. The molecule has 0 spiro atoms. The lowest BCUT2D eigenvalue weighted by molar-refractivity contribution is -0.144. The van der Waals surface area contributed by atoms with Crippen molar-refractivity contribution in [3.63, 3.8) is 0 Å². The van der Waals surface area contributed by atoms with Gasteiger partial charge in [0.15, 0.2) is 0 Å². The van der Waals surface area contributed by atoms with Crippen LogP contribution in [0.25, 0.3) is 5.69 Å². The average molecular weight is 478 g/mol. The maximum Gasteiger partial charge on any atom is 0.431 e.